The van der Waals surface area contributed by atoms with Gasteiger partial charge >= 0.3 is 5.69 Å². The molecular formula is C15H22N2O4. The molecular weight excluding hydrogens is 272 g/mol. The Kier molecular flexibility index (Phi) is 5.01. The molecule has 0 saturated heterocycles. The molecule has 1 aliphatic rings. The first-order valence-electron chi connectivity index (χ1n) is 7.34. The SMILES string of the molecule is CC(C)Oc1cc(OC2CCCCC2N)ccc1[N+](=O)[O-]. The number of nitrogens with zero attached hydrogens (tertiary/aromatic N) is 1. The van der Waals surface area contributed by atoms with E-state index in [2.05, 4.69) is 0 Å². The van der Waals surface area contributed by atoms with Crippen LogP contribution in [0.5, 0.6) is 11.5 Å². The lowest BCUT2D eigenvalue weighted by molar-refractivity contribution is -0.386. The van der Waals surface area contributed by atoms with Crippen molar-refractivity contribution in [3.8, 4) is 11.5 Å². The van der Waals surface area contributed by atoms with Crippen LogP contribution in [0.25, 0.3) is 0 Å². The van der Waals surface area contributed by atoms with Crippen molar-refractivity contribution in [1.29, 1.82) is 0 Å². The van der Waals surface area contributed by atoms with Crippen molar-refractivity contribution in [2.75, 3.05) is 0 Å². The highest BCUT2D eigenvalue weighted by Gasteiger charge is 2.24. The quantitative estimate of drug-likeness (QED) is 0.666. The Hall–Kier alpha value is -1.82. The summed E-state index contributed by atoms with van der Waals surface area (Å²) in [6.07, 6.45) is 3.91. The van der Waals surface area contributed by atoms with E-state index in [4.69, 9.17) is 15.2 Å². The van der Waals surface area contributed by atoms with Gasteiger partial charge < -0.3 is 15.2 Å². The topological polar surface area (TPSA) is 87.6 Å². The summed E-state index contributed by atoms with van der Waals surface area (Å²) in [5.74, 6) is 0.801. The highest BCUT2D eigenvalue weighted by atomic mass is 16.6. The van der Waals surface area contributed by atoms with Crippen LogP contribution in [0.15, 0.2) is 18.2 Å². The summed E-state index contributed by atoms with van der Waals surface area (Å²) < 4.78 is 11.4. The van der Waals surface area contributed by atoms with E-state index < -0.39 is 4.92 Å². The van der Waals surface area contributed by atoms with Gasteiger partial charge in [0.25, 0.3) is 0 Å². The third-order valence-electron chi connectivity index (χ3n) is 3.53. The number of rotatable bonds is 5. The molecule has 0 aliphatic heterocycles. The Bertz CT molecular complexity index is 504. The lowest BCUT2D eigenvalue weighted by atomic mass is 9.93. The molecule has 2 rings (SSSR count). The standard InChI is InChI=1S/C15H22N2O4/c1-10(2)20-15-9-11(7-8-13(15)17(18)19)21-14-6-4-3-5-12(14)16/h7-10,12,14H,3-6,16H2,1-2H3. The van der Waals surface area contributed by atoms with Crippen molar-refractivity contribution in [3.05, 3.63) is 28.3 Å². The molecule has 1 aromatic rings. The van der Waals surface area contributed by atoms with Crippen molar-refractivity contribution in [1.82, 2.24) is 0 Å². The summed E-state index contributed by atoms with van der Waals surface area (Å²) >= 11 is 0. The Labute approximate surface area is 124 Å². The molecule has 1 aliphatic carbocycles. The Morgan fingerprint density at radius 3 is 2.67 bits per heavy atom. The maximum absolute atomic E-state index is 11.0. The highest BCUT2D eigenvalue weighted by molar-refractivity contribution is 5.50. The number of hydrogen-bond donors (Lipinski definition) is 1. The zero-order valence-electron chi connectivity index (χ0n) is 12.5. The number of nitro benzene ring substituents is 1. The fourth-order valence-electron chi connectivity index (χ4n) is 2.51. The van der Waals surface area contributed by atoms with Crippen LogP contribution in [0.4, 0.5) is 5.69 Å². The summed E-state index contributed by atoms with van der Waals surface area (Å²) in [5.41, 5.74) is 6.01. The van der Waals surface area contributed by atoms with Crippen LogP contribution < -0.4 is 15.2 Å². The average molecular weight is 294 g/mol. The van der Waals surface area contributed by atoms with E-state index in [0.29, 0.717) is 5.75 Å². The van der Waals surface area contributed by atoms with Gasteiger partial charge in [0.15, 0.2) is 0 Å². The Morgan fingerprint density at radius 1 is 1.33 bits per heavy atom. The summed E-state index contributed by atoms with van der Waals surface area (Å²) in [6.45, 7) is 3.66. The van der Waals surface area contributed by atoms with Crippen LogP contribution in [0.3, 0.4) is 0 Å². The van der Waals surface area contributed by atoms with Crippen LogP contribution in [0.1, 0.15) is 39.5 Å². The van der Waals surface area contributed by atoms with Gasteiger partial charge in [-0.3, -0.25) is 10.1 Å². The molecule has 1 aromatic carbocycles. The first kappa shape index (κ1) is 15.6. The maximum Gasteiger partial charge on any atom is 0.311 e. The van der Waals surface area contributed by atoms with E-state index in [1.165, 1.54) is 6.07 Å². The van der Waals surface area contributed by atoms with Crippen LogP contribution >= 0.6 is 0 Å². The molecule has 0 radical (unpaired) electrons. The Morgan fingerprint density at radius 2 is 2.05 bits per heavy atom. The van der Waals surface area contributed by atoms with Gasteiger partial charge in [-0.15, -0.1) is 0 Å². The molecule has 1 saturated carbocycles. The normalized spacial score (nSPS) is 22.1. The van der Waals surface area contributed by atoms with Gasteiger partial charge in [-0.25, -0.2) is 0 Å². The van der Waals surface area contributed by atoms with Crippen molar-refractivity contribution < 1.29 is 14.4 Å². The minimum absolute atomic E-state index is 0.0170. The highest BCUT2D eigenvalue weighted by Crippen LogP contribution is 2.33. The van der Waals surface area contributed by atoms with Crippen LogP contribution in [0, 0.1) is 10.1 Å². The fraction of sp³-hybridized carbons (Fsp3) is 0.600. The predicted octanol–water partition coefficient (Wildman–Crippen LogP) is 3.03. The van der Waals surface area contributed by atoms with E-state index in [9.17, 15) is 10.1 Å². The second-order valence-corrected chi connectivity index (χ2v) is 5.66. The molecule has 6 heteroatoms. The predicted molar refractivity (Wildman–Crippen MR) is 79.7 cm³/mol. The molecule has 0 amide bonds. The lowest BCUT2D eigenvalue weighted by Gasteiger charge is -2.29. The molecule has 6 nitrogen and oxygen atoms in total. The summed E-state index contributed by atoms with van der Waals surface area (Å²) in [7, 11) is 0. The van der Waals surface area contributed by atoms with Gasteiger partial charge in [-0.1, -0.05) is 6.42 Å². The average Bonchev–Trinajstić information content (AvgIpc) is 2.40. The largest absolute Gasteiger partial charge is 0.489 e. The van der Waals surface area contributed by atoms with Crippen LogP contribution in [0.2, 0.25) is 0 Å². The van der Waals surface area contributed by atoms with Crippen LogP contribution in [-0.4, -0.2) is 23.2 Å². The number of hydrogen-bond acceptors (Lipinski definition) is 5. The number of nitro groups is 1. The van der Waals surface area contributed by atoms with Gasteiger partial charge in [0.2, 0.25) is 5.75 Å². The van der Waals surface area contributed by atoms with Gasteiger partial charge in [0, 0.05) is 18.2 Å². The van der Waals surface area contributed by atoms with Crippen LogP contribution in [-0.2, 0) is 0 Å². The second-order valence-electron chi connectivity index (χ2n) is 5.66. The molecule has 0 heterocycles. The molecule has 0 aromatic heterocycles. The van der Waals surface area contributed by atoms with Gasteiger partial charge in [0.05, 0.1) is 11.0 Å². The van der Waals surface area contributed by atoms with Crippen molar-refractivity contribution in [3.63, 3.8) is 0 Å². The van der Waals surface area contributed by atoms with Crippen molar-refractivity contribution in [2.24, 2.45) is 5.73 Å². The molecule has 2 unspecified atom stereocenters. The van der Waals surface area contributed by atoms with E-state index in [-0.39, 0.29) is 29.7 Å². The minimum Gasteiger partial charge on any atom is -0.489 e. The number of ether oxygens (including phenoxy) is 2. The van der Waals surface area contributed by atoms with E-state index >= 15 is 0 Å². The minimum atomic E-state index is -0.451. The van der Waals surface area contributed by atoms with E-state index in [1.807, 2.05) is 13.8 Å². The maximum atomic E-state index is 11.0. The number of nitrogens with two attached hydrogens (primary N) is 1. The monoisotopic (exact) mass is 294 g/mol. The number of benzene rings is 1. The zero-order valence-corrected chi connectivity index (χ0v) is 12.5. The molecule has 0 bridgehead atoms. The van der Waals surface area contributed by atoms with E-state index in [0.717, 1.165) is 25.7 Å². The smallest absolute Gasteiger partial charge is 0.311 e. The molecule has 2 atom stereocenters. The summed E-state index contributed by atoms with van der Waals surface area (Å²) in [6, 6.07) is 4.62. The van der Waals surface area contributed by atoms with Gasteiger partial charge in [-0.05, 0) is 39.2 Å². The van der Waals surface area contributed by atoms with Crippen molar-refractivity contribution in [2.45, 2.75) is 57.8 Å². The zero-order chi connectivity index (χ0) is 15.4. The van der Waals surface area contributed by atoms with E-state index in [1.54, 1.807) is 12.1 Å². The molecule has 2 N–H and O–H groups in total. The first-order chi connectivity index (χ1) is 9.97. The Balaban J connectivity index is 2.18. The van der Waals surface area contributed by atoms with Gasteiger partial charge in [0.1, 0.15) is 11.9 Å². The lowest BCUT2D eigenvalue weighted by Crippen LogP contribution is -2.41. The molecule has 116 valence electrons. The second kappa shape index (κ2) is 6.76. The third kappa shape index (κ3) is 4.07. The van der Waals surface area contributed by atoms with Gasteiger partial charge in [-0.2, -0.15) is 0 Å². The molecule has 21 heavy (non-hydrogen) atoms. The summed E-state index contributed by atoms with van der Waals surface area (Å²) in [4.78, 5) is 10.6. The summed E-state index contributed by atoms with van der Waals surface area (Å²) in [5, 5.41) is 11.0. The molecule has 0 spiro atoms. The fourth-order valence-corrected chi connectivity index (χ4v) is 2.51. The third-order valence-corrected chi connectivity index (χ3v) is 3.53. The van der Waals surface area contributed by atoms with Crippen molar-refractivity contribution >= 4 is 5.69 Å². The molecule has 1 fully saturated rings. The first-order valence-corrected chi connectivity index (χ1v) is 7.34.